The molecular formula is C11H12N4O3. The summed E-state index contributed by atoms with van der Waals surface area (Å²) in [7, 11) is 1.77. The maximum absolute atomic E-state index is 10.7. The molecule has 1 aromatic carbocycles. The van der Waals surface area contributed by atoms with Crippen molar-refractivity contribution in [1.82, 2.24) is 15.5 Å². The van der Waals surface area contributed by atoms with Gasteiger partial charge in [-0.3, -0.25) is 10.1 Å². The highest BCUT2D eigenvalue weighted by atomic mass is 16.6. The normalized spacial score (nSPS) is 10.6. The molecule has 1 heterocycles. The van der Waals surface area contributed by atoms with Gasteiger partial charge >= 0.3 is 0 Å². The molecule has 7 heteroatoms. The molecule has 2 rings (SSSR count). The zero-order chi connectivity index (χ0) is 13.1. The van der Waals surface area contributed by atoms with Crippen LogP contribution in [0, 0.1) is 17.0 Å². The van der Waals surface area contributed by atoms with Crippen LogP contribution in [0.5, 0.6) is 0 Å². The number of nitro groups is 1. The van der Waals surface area contributed by atoms with E-state index in [4.69, 9.17) is 4.52 Å². The van der Waals surface area contributed by atoms with Gasteiger partial charge in [-0.05, 0) is 19.5 Å². The molecule has 0 radical (unpaired) electrons. The lowest BCUT2D eigenvalue weighted by molar-refractivity contribution is -0.384. The Bertz CT molecular complexity index is 579. The lowest BCUT2D eigenvalue weighted by Crippen LogP contribution is -2.06. The second-order valence-corrected chi connectivity index (χ2v) is 3.80. The Morgan fingerprint density at radius 2 is 2.28 bits per heavy atom. The summed E-state index contributed by atoms with van der Waals surface area (Å²) < 4.78 is 5.10. The van der Waals surface area contributed by atoms with Crippen molar-refractivity contribution in [3.63, 3.8) is 0 Å². The molecule has 1 N–H and O–H groups in total. The van der Waals surface area contributed by atoms with Gasteiger partial charge in [0.1, 0.15) is 0 Å². The third-order valence-corrected chi connectivity index (χ3v) is 2.47. The van der Waals surface area contributed by atoms with Crippen LogP contribution in [0.15, 0.2) is 22.7 Å². The van der Waals surface area contributed by atoms with Gasteiger partial charge in [0.25, 0.3) is 11.6 Å². The first kappa shape index (κ1) is 12.2. The summed E-state index contributed by atoms with van der Waals surface area (Å²) in [6.45, 7) is 2.32. The molecule has 0 saturated heterocycles. The maximum atomic E-state index is 10.7. The fourth-order valence-electron chi connectivity index (χ4n) is 1.55. The number of aromatic nitrogens is 2. The molecule has 1 aromatic heterocycles. The molecule has 0 amide bonds. The number of non-ortho nitro benzene ring substituents is 1. The van der Waals surface area contributed by atoms with Gasteiger partial charge in [0.05, 0.1) is 11.5 Å². The number of benzene rings is 1. The van der Waals surface area contributed by atoms with Crippen LogP contribution in [0.4, 0.5) is 5.69 Å². The van der Waals surface area contributed by atoms with Gasteiger partial charge in [-0.1, -0.05) is 11.2 Å². The molecular weight excluding hydrogens is 236 g/mol. The Morgan fingerprint density at radius 3 is 2.94 bits per heavy atom. The summed E-state index contributed by atoms with van der Waals surface area (Å²) in [5.74, 6) is 0.805. The molecule has 18 heavy (non-hydrogen) atoms. The van der Waals surface area contributed by atoms with E-state index in [1.807, 2.05) is 6.92 Å². The lowest BCUT2D eigenvalue weighted by atomic mass is 10.1. The van der Waals surface area contributed by atoms with Crippen molar-refractivity contribution in [3.8, 4) is 11.5 Å². The quantitative estimate of drug-likeness (QED) is 0.653. The van der Waals surface area contributed by atoms with Gasteiger partial charge in [-0.15, -0.1) is 0 Å². The molecule has 0 saturated carbocycles. The molecule has 0 bridgehead atoms. The minimum atomic E-state index is -0.451. The Hall–Kier alpha value is -2.28. The van der Waals surface area contributed by atoms with Gasteiger partial charge in [0.15, 0.2) is 5.82 Å². The fourth-order valence-corrected chi connectivity index (χ4v) is 1.55. The van der Waals surface area contributed by atoms with Gasteiger partial charge in [0.2, 0.25) is 0 Å². The first-order valence-electron chi connectivity index (χ1n) is 5.34. The number of nitrogens with one attached hydrogen (secondary N) is 1. The number of hydrogen-bond donors (Lipinski definition) is 1. The zero-order valence-electron chi connectivity index (χ0n) is 10.0. The highest BCUT2D eigenvalue weighted by molar-refractivity contribution is 5.62. The SMILES string of the molecule is CNCc1noc(-c2cc([N+](=O)[O-])ccc2C)n1. The molecule has 0 atom stereocenters. The van der Waals surface area contributed by atoms with Crippen molar-refractivity contribution < 1.29 is 9.45 Å². The highest BCUT2D eigenvalue weighted by Crippen LogP contribution is 2.26. The van der Waals surface area contributed by atoms with Gasteiger partial charge in [-0.25, -0.2) is 0 Å². The third-order valence-electron chi connectivity index (χ3n) is 2.47. The average Bonchev–Trinajstić information content (AvgIpc) is 2.78. The average molecular weight is 248 g/mol. The molecule has 0 aliphatic rings. The standard InChI is InChI=1S/C11H12N4O3/c1-7-3-4-8(15(16)17)5-9(7)11-13-10(6-12-2)14-18-11/h3-5,12H,6H2,1-2H3. The summed E-state index contributed by atoms with van der Waals surface area (Å²) in [6, 6.07) is 4.55. The third kappa shape index (κ3) is 2.35. The minimum absolute atomic E-state index is 0.00367. The Balaban J connectivity index is 2.41. The summed E-state index contributed by atoms with van der Waals surface area (Å²) in [6.07, 6.45) is 0. The summed E-state index contributed by atoms with van der Waals surface area (Å²) in [5, 5.41) is 17.4. The van der Waals surface area contributed by atoms with Crippen molar-refractivity contribution in [2.75, 3.05) is 7.05 Å². The maximum Gasteiger partial charge on any atom is 0.270 e. The van der Waals surface area contributed by atoms with E-state index in [2.05, 4.69) is 15.5 Å². The number of aryl methyl sites for hydroxylation is 1. The van der Waals surface area contributed by atoms with Gasteiger partial charge < -0.3 is 9.84 Å². The fraction of sp³-hybridized carbons (Fsp3) is 0.273. The van der Waals surface area contributed by atoms with Crippen molar-refractivity contribution in [3.05, 3.63) is 39.7 Å². The van der Waals surface area contributed by atoms with Crippen LogP contribution in [-0.2, 0) is 6.54 Å². The van der Waals surface area contributed by atoms with Crippen molar-refractivity contribution in [1.29, 1.82) is 0 Å². The van der Waals surface area contributed by atoms with E-state index < -0.39 is 4.92 Å². The molecule has 0 spiro atoms. The smallest absolute Gasteiger partial charge is 0.270 e. The summed E-state index contributed by atoms with van der Waals surface area (Å²) >= 11 is 0. The second-order valence-electron chi connectivity index (χ2n) is 3.80. The van der Waals surface area contributed by atoms with E-state index in [1.54, 1.807) is 13.1 Å². The van der Waals surface area contributed by atoms with Crippen molar-refractivity contribution >= 4 is 5.69 Å². The van der Waals surface area contributed by atoms with Crippen LogP contribution in [-0.4, -0.2) is 22.1 Å². The number of rotatable bonds is 4. The largest absolute Gasteiger partial charge is 0.334 e. The van der Waals surface area contributed by atoms with Crippen LogP contribution < -0.4 is 5.32 Å². The van der Waals surface area contributed by atoms with E-state index in [9.17, 15) is 10.1 Å². The predicted molar refractivity (Wildman–Crippen MR) is 63.9 cm³/mol. The van der Waals surface area contributed by atoms with Gasteiger partial charge in [-0.2, -0.15) is 4.98 Å². The topological polar surface area (TPSA) is 94.1 Å². The molecule has 94 valence electrons. The Morgan fingerprint density at radius 1 is 1.50 bits per heavy atom. The monoisotopic (exact) mass is 248 g/mol. The Labute approximate surface area is 103 Å². The number of nitro benzene ring substituents is 1. The first-order chi connectivity index (χ1) is 8.61. The van der Waals surface area contributed by atoms with Crippen LogP contribution >= 0.6 is 0 Å². The minimum Gasteiger partial charge on any atom is -0.334 e. The number of nitrogens with zero attached hydrogens (tertiary/aromatic N) is 3. The molecule has 0 fully saturated rings. The van der Waals surface area contributed by atoms with E-state index in [-0.39, 0.29) is 5.69 Å². The van der Waals surface area contributed by atoms with Crippen LogP contribution in [0.25, 0.3) is 11.5 Å². The second kappa shape index (κ2) is 4.92. The number of hydrogen-bond acceptors (Lipinski definition) is 6. The van der Waals surface area contributed by atoms with Crippen LogP contribution in [0.1, 0.15) is 11.4 Å². The summed E-state index contributed by atoms with van der Waals surface area (Å²) in [4.78, 5) is 14.5. The molecule has 0 unspecified atom stereocenters. The Kier molecular flexibility index (Phi) is 3.33. The van der Waals surface area contributed by atoms with E-state index in [1.165, 1.54) is 12.1 Å². The van der Waals surface area contributed by atoms with Gasteiger partial charge in [0, 0.05) is 17.7 Å². The van der Waals surface area contributed by atoms with E-state index in [0.29, 0.717) is 23.8 Å². The van der Waals surface area contributed by atoms with E-state index >= 15 is 0 Å². The molecule has 0 aliphatic heterocycles. The highest BCUT2D eigenvalue weighted by Gasteiger charge is 2.15. The first-order valence-corrected chi connectivity index (χ1v) is 5.34. The summed E-state index contributed by atoms with van der Waals surface area (Å²) in [5.41, 5.74) is 1.43. The molecule has 0 aliphatic carbocycles. The molecule has 7 nitrogen and oxygen atoms in total. The molecule has 2 aromatic rings. The lowest BCUT2D eigenvalue weighted by Gasteiger charge is -1.99. The van der Waals surface area contributed by atoms with Crippen LogP contribution in [0.3, 0.4) is 0 Å². The zero-order valence-corrected chi connectivity index (χ0v) is 10.0. The predicted octanol–water partition coefficient (Wildman–Crippen LogP) is 1.67. The van der Waals surface area contributed by atoms with Crippen molar-refractivity contribution in [2.24, 2.45) is 0 Å². The van der Waals surface area contributed by atoms with E-state index in [0.717, 1.165) is 5.56 Å². The van der Waals surface area contributed by atoms with Crippen molar-refractivity contribution in [2.45, 2.75) is 13.5 Å². The van der Waals surface area contributed by atoms with Crippen LogP contribution in [0.2, 0.25) is 0 Å².